The first kappa shape index (κ1) is 16.8. The maximum absolute atomic E-state index is 13.5. The van der Waals surface area contributed by atoms with Gasteiger partial charge in [-0.15, -0.1) is 11.3 Å². The molecule has 0 unspecified atom stereocenters. The molecule has 126 valence electrons. The van der Waals surface area contributed by atoms with Crippen molar-refractivity contribution >= 4 is 23.3 Å². The van der Waals surface area contributed by atoms with Gasteiger partial charge in [0.1, 0.15) is 11.6 Å². The number of amides is 1. The number of hydrogen-bond acceptors (Lipinski definition) is 3. The summed E-state index contributed by atoms with van der Waals surface area (Å²) in [5.41, 5.74) is 1.00. The predicted molar refractivity (Wildman–Crippen MR) is 90.9 cm³/mol. The summed E-state index contributed by atoms with van der Waals surface area (Å²) in [5.74, 6) is -1.75. The average Bonchev–Trinajstić information content (AvgIpc) is 2.97. The minimum Gasteiger partial charge on any atom is -0.352 e. The summed E-state index contributed by atoms with van der Waals surface area (Å²) in [7, 11) is 0. The molecule has 1 aliphatic carbocycles. The quantitative estimate of drug-likeness (QED) is 0.838. The van der Waals surface area contributed by atoms with Crippen LogP contribution in [-0.4, -0.2) is 17.4 Å². The van der Waals surface area contributed by atoms with Crippen molar-refractivity contribution in [1.29, 1.82) is 0 Å². The van der Waals surface area contributed by atoms with Crippen molar-refractivity contribution in [2.24, 2.45) is 0 Å². The van der Waals surface area contributed by atoms with Crippen LogP contribution in [0, 0.1) is 11.6 Å². The molecule has 1 aromatic carbocycles. The Hall–Kier alpha value is -2.08. The number of carbonyl (C=O) groups is 1. The van der Waals surface area contributed by atoms with Crippen LogP contribution in [0.1, 0.15) is 34.0 Å². The molecular formula is C18H18F2N2OS. The molecule has 0 atom stereocenters. The van der Waals surface area contributed by atoms with Gasteiger partial charge in [-0.05, 0) is 43.9 Å². The lowest BCUT2D eigenvalue weighted by atomic mass is 10.0. The number of nitrogens with one attached hydrogen (secondary N) is 1. The molecule has 6 heteroatoms. The molecule has 0 spiro atoms. The third-order valence-corrected chi connectivity index (χ3v) is 5.15. The second kappa shape index (κ2) is 7.66. The maximum Gasteiger partial charge on any atom is 0.244 e. The van der Waals surface area contributed by atoms with Crippen LogP contribution in [-0.2, 0) is 24.1 Å². The highest BCUT2D eigenvalue weighted by Crippen LogP contribution is 2.26. The SMILES string of the molecule is O=C(/C=C/c1c(F)cccc1F)NCCc1nc2c(s1)CCCC2. The number of carbonyl (C=O) groups excluding carboxylic acids is 1. The monoisotopic (exact) mass is 348 g/mol. The zero-order chi connectivity index (χ0) is 16.9. The molecule has 1 amide bonds. The number of nitrogens with zero attached hydrogens (tertiary/aromatic N) is 1. The Labute approximate surface area is 143 Å². The molecule has 0 bridgehead atoms. The number of aromatic nitrogens is 1. The lowest BCUT2D eigenvalue weighted by molar-refractivity contribution is -0.116. The number of benzene rings is 1. The van der Waals surface area contributed by atoms with Crippen LogP contribution in [0.2, 0.25) is 0 Å². The van der Waals surface area contributed by atoms with Crippen molar-refractivity contribution in [2.45, 2.75) is 32.1 Å². The lowest BCUT2D eigenvalue weighted by Crippen LogP contribution is -2.23. The van der Waals surface area contributed by atoms with Gasteiger partial charge in [-0.2, -0.15) is 0 Å². The van der Waals surface area contributed by atoms with E-state index in [1.807, 2.05) is 0 Å². The summed E-state index contributed by atoms with van der Waals surface area (Å²) < 4.78 is 26.9. The molecule has 3 nitrogen and oxygen atoms in total. The van der Waals surface area contributed by atoms with Gasteiger partial charge in [0.15, 0.2) is 0 Å². The molecule has 1 aliphatic rings. The molecule has 0 radical (unpaired) electrons. The molecule has 0 saturated carbocycles. The molecule has 0 saturated heterocycles. The fourth-order valence-corrected chi connectivity index (χ4v) is 3.85. The van der Waals surface area contributed by atoms with Crippen LogP contribution >= 0.6 is 11.3 Å². The van der Waals surface area contributed by atoms with Gasteiger partial charge >= 0.3 is 0 Å². The van der Waals surface area contributed by atoms with Gasteiger partial charge in [-0.3, -0.25) is 4.79 Å². The number of thiazole rings is 1. The van der Waals surface area contributed by atoms with Crippen LogP contribution in [0.25, 0.3) is 6.08 Å². The number of halogens is 2. The Morgan fingerprint density at radius 1 is 1.25 bits per heavy atom. The number of rotatable bonds is 5. The first-order chi connectivity index (χ1) is 11.6. The average molecular weight is 348 g/mol. The van der Waals surface area contributed by atoms with Crippen LogP contribution < -0.4 is 5.32 Å². The van der Waals surface area contributed by atoms with Crippen LogP contribution in [0.15, 0.2) is 24.3 Å². The first-order valence-electron chi connectivity index (χ1n) is 8.01. The molecule has 2 aromatic rings. The molecule has 0 fully saturated rings. The topological polar surface area (TPSA) is 42.0 Å². The van der Waals surface area contributed by atoms with Crippen LogP contribution in [0.4, 0.5) is 8.78 Å². The second-order valence-electron chi connectivity index (χ2n) is 5.69. The van der Waals surface area contributed by atoms with Crippen molar-refractivity contribution in [3.8, 4) is 0 Å². The van der Waals surface area contributed by atoms with Crippen LogP contribution in [0.5, 0.6) is 0 Å². The van der Waals surface area contributed by atoms with Gasteiger partial charge in [0.05, 0.1) is 10.7 Å². The predicted octanol–water partition coefficient (Wildman–Crippen LogP) is 3.67. The highest BCUT2D eigenvalue weighted by molar-refractivity contribution is 7.11. The number of aryl methyl sites for hydroxylation is 2. The van der Waals surface area contributed by atoms with E-state index in [1.54, 1.807) is 11.3 Å². The minimum absolute atomic E-state index is 0.208. The van der Waals surface area contributed by atoms with Crippen molar-refractivity contribution in [1.82, 2.24) is 10.3 Å². The van der Waals surface area contributed by atoms with E-state index in [-0.39, 0.29) is 11.5 Å². The number of hydrogen-bond donors (Lipinski definition) is 1. The van der Waals surface area contributed by atoms with Crippen molar-refractivity contribution in [3.05, 3.63) is 57.1 Å². The lowest BCUT2D eigenvalue weighted by Gasteiger charge is -2.06. The fourth-order valence-electron chi connectivity index (χ4n) is 2.69. The third-order valence-electron chi connectivity index (χ3n) is 3.93. The largest absolute Gasteiger partial charge is 0.352 e. The van der Waals surface area contributed by atoms with E-state index in [2.05, 4.69) is 10.3 Å². The second-order valence-corrected chi connectivity index (χ2v) is 6.86. The summed E-state index contributed by atoms with van der Waals surface area (Å²) in [6, 6.07) is 3.60. The van der Waals surface area contributed by atoms with E-state index in [4.69, 9.17) is 0 Å². The Morgan fingerprint density at radius 2 is 2.00 bits per heavy atom. The van der Waals surface area contributed by atoms with Crippen molar-refractivity contribution in [2.75, 3.05) is 6.54 Å². The van der Waals surface area contributed by atoms with E-state index < -0.39 is 11.6 Å². The van der Waals surface area contributed by atoms with E-state index in [0.717, 1.165) is 42.1 Å². The van der Waals surface area contributed by atoms with Gasteiger partial charge in [0.25, 0.3) is 0 Å². The van der Waals surface area contributed by atoms with Gasteiger partial charge < -0.3 is 5.32 Å². The Kier molecular flexibility index (Phi) is 5.35. The molecule has 1 heterocycles. The highest BCUT2D eigenvalue weighted by Gasteiger charge is 2.14. The van der Waals surface area contributed by atoms with E-state index in [9.17, 15) is 13.6 Å². The molecule has 0 aliphatic heterocycles. The zero-order valence-corrected chi connectivity index (χ0v) is 14.0. The summed E-state index contributed by atoms with van der Waals surface area (Å²) in [6.07, 6.45) is 7.56. The molecule has 3 rings (SSSR count). The van der Waals surface area contributed by atoms with Gasteiger partial charge in [0.2, 0.25) is 5.91 Å². The highest BCUT2D eigenvalue weighted by atomic mass is 32.1. The molecule has 24 heavy (non-hydrogen) atoms. The molecule has 1 aromatic heterocycles. The first-order valence-corrected chi connectivity index (χ1v) is 8.82. The van der Waals surface area contributed by atoms with Gasteiger partial charge in [-0.1, -0.05) is 6.07 Å². The summed E-state index contributed by atoms with van der Waals surface area (Å²) >= 11 is 1.72. The van der Waals surface area contributed by atoms with Crippen molar-refractivity contribution < 1.29 is 13.6 Å². The normalized spacial score (nSPS) is 13.9. The van der Waals surface area contributed by atoms with E-state index >= 15 is 0 Å². The molecular weight excluding hydrogens is 330 g/mol. The standard InChI is InChI=1S/C18H18F2N2OS/c19-13-4-3-5-14(20)12(13)8-9-17(23)21-11-10-18-22-15-6-1-2-7-16(15)24-18/h3-5,8-9H,1-2,6-7,10-11H2,(H,21,23)/b9-8+. The van der Waals surface area contributed by atoms with E-state index in [0.29, 0.717) is 13.0 Å². The Balaban J connectivity index is 1.51. The minimum atomic E-state index is -0.688. The van der Waals surface area contributed by atoms with Crippen LogP contribution in [0.3, 0.4) is 0 Å². The summed E-state index contributed by atoms with van der Waals surface area (Å²) in [4.78, 5) is 17.8. The molecule has 1 N–H and O–H groups in total. The smallest absolute Gasteiger partial charge is 0.244 e. The van der Waals surface area contributed by atoms with Crippen molar-refractivity contribution in [3.63, 3.8) is 0 Å². The maximum atomic E-state index is 13.5. The fraction of sp³-hybridized carbons (Fsp3) is 0.333. The number of fused-ring (bicyclic) bond motifs is 1. The third kappa shape index (κ3) is 4.06. The Morgan fingerprint density at radius 3 is 2.75 bits per heavy atom. The Bertz CT molecular complexity index is 727. The van der Waals surface area contributed by atoms with Gasteiger partial charge in [0, 0.05) is 29.5 Å². The van der Waals surface area contributed by atoms with Gasteiger partial charge in [-0.25, -0.2) is 13.8 Å². The zero-order valence-electron chi connectivity index (χ0n) is 13.1. The van der Waals surface area contributed by atoms with E-state index in [1.165, 1.54) is 29.5 Å². The summed E-state index contributed by atoms with van der Waals surface area (Å²) in [6.45, 7) is 0.454. The summed E-state index contributed by atoms with van der Waals surface area (Å²) in [5, 5.41) is 3.75.